The van der Waals surface area contributed by atoms with Gasteiger partial charge in [-0.05, 0) is 0 Å². The van der Waals surface area contributed by atoms with Crippen molar-refractivity contribution >= 4 is 22.4 Å². The second-order valence-corrected chi connectivity index (χ2v) is 5.37. The molecule has 2 N–H and O–H groups in total. The van der Waals surface area contributed by atoms with E-state index in [1.54, 1.807) is 0 Å². The Morgan fingerprint density at radius 1 is 1.50 bits per heavy atom. The molecule has 0 saturated heterocycles. The number of carbonyl (C=O) groups is 1. The largest absolute Gasteiger partial charge is 0.411 e. The third kappa shape index (κ3) is 4.73. The van der Waals surface area contributed by atoms with Crippen molar-refractivity contribution in [3.05, 3.63) is 10.6 Å². The van der Waals surface area contributed by atoms with Crippen molar-refractivity contribution in [2.24, 2.45) is 0 Å². The van der Waals surface area contributed by atoms with Gasteiger partial charge in [0.05, 0.1) is 18.7 Å². The highest BCUT2D eigenvalue weighted by molar-refractivity contribution is 7.15. The SMILES string of the molecule is O=C(CCOCC(F)(F)F)Nc1nc2c(s1)CNCC2. The van der Waals surface area contributed by atoms with Crippen LogP contribution in [0.25, 0.3) is 0 Å². The number of halogens is 3. The monoisotopic (exact) mass is 309 g/mol. The first-order valence-electron chi connectivity index (χ1n) is 6.08. The van der Waals surface area contributed by atoms with Crippen LogP contribution in [-0.4, -0.2) is 36.8 Å². The molecule has 5 nitrogen and oxygen atoms in total. The van der Waals surface area contributed by atoms with E-state index in [-0.39, 0.29) is 13.0 Å². The highest BCUT2D eigenvalue weighted by Gasteiger charge is 2.27. The van der Waals surface area contributed by atoms with Gasteiger partial charge in [0.1, 0.15) is 6.61 Å². The van der Waals surface area contributed by atoms with E-state index in [4.69, 9.17) is 0 Å². The van der Waals surface area contributed by atoms with E-state index in [1.807, 2.05) is 0 Å². The number of carbonyl (C=O) groups excluding carboxylic acids is 1. The fourth-order valence-corrected chi connectivity index (χ4v) is 2.71. The number of nitrogens with one attached hydrogen (secondary N) is 2. The molecule has 1 aliphatic rings. The van der Waals surface area contributed by atoms with Crippen molar-refractivity contribution in [1.29, 1.82) is 0 Å². The highest BCUT2D eigenvalue weighted by atomic mass is 32.1. The number of anilines is 1. The molecule has 0 unspecified atom stereocenters. The molecule has 20 heavy (non-hydrogen) atoms. The molecule has 0 atom stereocenters. The first kappa shape index (κ1) is 15.2. The van der Waals surface area contributed by atoms with E-state index in [1.165, 1.54) is 11.3 Å². The zero-order chi connectivity index (χ0) is 14.6. The molecule has 0 radical (unpaired) electrons. The lowest BCUT2D eigenvalue weighted by molar-refractivity contribution is -0.174. The minimum atomic E-state index is -4.36. The molecular formula is C11H14F3N3O2S. The van der Waals surface area contributed by atoms with Crippen LogP contribution in [0.3, 0.4) is 0 Å². The minimum absolute atomic E-state index is 0.126. The van der Waals surface area contributed by atoms with Crippen LogP contribution >= 0.6 is 11.3 Å². The van der Waals surface area contributed by atoms with E-state index in [0.717, 1.165) is 30.1 Å². The third-order valence-electron chi connectivity index (χ3n) is 2.59. The Labute approximate surface area is 117 Å². The summed E-state index contributed by atoms with van der Waals surface area (Å²) in [4.78, 5) is 16.9. The molecule has 9 heteroatoms. The van der Waals surface area contributed by atoms with E-state index in [0.29, 0.717) is 5.13 Å². The van der Waals surface area contributed by atoms with E-state index in [9.17, 15) is 18.0 Å². The van der Waals surface area contributed by atoms with Crippen molar-refractivity contribution in [1.82, 2.24) is 10.3 Å². The maximum Gasteiger partial charge on any atom is 0.411 e. The molecule has 2 heterocycles. The van der Waals surface area contributed by atoms with Gasteiger partial charge in [-0.15, -0.1) is 11.3 Å². The number of hydrogen-bond acceptors (Lipinski definition) is 5. The quantitative estimate of drug-likeness (QED) is 0.813. The number of amides is 1. The Morgan fingerprint density at radius 2 is 2.30 bits per heavy atom. The van der Waals surface area contributed by atoms with Gasteiger partial charge in [-0.25, -0.2) is 4.98 Å². The number of hydrogen-bond donors (Lipinski definition) is 2. The molecule has 1 aromatic rings. The Morgan fingerprint density at radius 3 is 3.00 bits per heavy atom. The van der Waals surface area contributed by atoms with Crippen LogP contribution in [0, 0.1) is 0 Å². The summed E-state index contributed by atoms with van der Waals surface area (Å²) in [5.41, 5.74) is 0.970. The van der Waals surface area contributed by atoms with Crippen molar-refractivity contribution in [2.75, 3.05) is 25.1 Å². The molecule has 1 aliphatic heterocycles. The van der Waals surface area contributed by atoms with Gasteiger partial charge in [-0.3, -0.25) is 4.79 Å². The summed E-state index contributed by atoms with van der Waals surface area (Å²) in [6.45, 7) is -0.0115. The molecular weight excluding hydrogens is 295 g/mol. The number of thiazole rings is 1. The standard InChI is InChI=1S/C11H14F3N3O2S/c12-11(13,14)6-19-4-2-9(18)17-10-16-7-1-3-15-5-8(7)20-10/h15H,1-6H2,(H,16,17,18). The molecule has 0 spiro atoms. The van der Waals surface area contributed by atoms with Crippen molar-refractivity contribution in [2.45, 2.75) is 25.6 Å². The number of fused-ring (bicyclic) bond motifs is 1. The van der Waals surface area contributed by atoms with Crippen molar-refractivity contribution in [3.63, 3.8) is 0 Å². The molecule has 1 amide bonds. The van der Waals surface area contributed by atoms with Crippen molar-refractivity contribution < 1.29 is 22.7 Å². The Balaban J connectivity index is 1.73. The number of alkyl halides is 3. The van der Waals surface area contributed by atoms with E-state index >= 15 is 0 Å². The predicted octanol–water partition coefficient (Wildman–Crippen LogP) is 1.70. The molecule has 112 valence electrons. The van der Waals surface area contributed by atoms with E-state index in [2.05, 4.69) is 20.4 Å². The fraction of sp³-hybridized carbons (Fsp3) is 0.636. The smallest absolute Gasteiger partial charge is 0.372 e. The van der Waals surface area contributed by atoms with Crippen LogP contribution in [0.2, 0.25) is 0 Å². The number of nitrogens with zero attached hydrogens (tertiary/aromatic N) is 1. The van der Waals surface area contributed by atoms with Crippen LogP contribution in [-0.2, 0) is 22.5 Å². The molecule has 0 fully saturated rings. The molecule has 0 saturated carbocycles. The van der Waals surface area contributed by atoms with Crippen LogP contribution in [0.1, 0.15) is 17.0 Å². The molecule has 0 aromatic carbocycles. The maximum absolute atomic E-state index is 11.8. The number of aromatic nitrogens is 1. The second-order valence-electron chi connectivity index (χ2n) is 4.28. The summed E-state index contributed by atoms with van der Waals surface area (Å²) in [6, 6.07) is 0. The summed E-state index contributed by atoms with van der Waals surface area (Å²) >= 11 is 1.38. The summed E-state index contributed by atoms with van der Waals surface area (Å²) < 4.78 is 39.8. The summed E-state index contributed by atoms with van der Waals surface area (Å²) in [7, 11) is 0. The topological polar surface area (TPSA) is 63.2 Å². The first-order valence-corrected chi connectivity index (χ1v) is 6.89. The Bertz CT molecular complexity index is 452. The van der Waals surface area contributed by atoms with Gasteiger partial charge in [0.15, 0.2) is 5.13 Å². The first-order chi connectivity index (χ1) is 9.44. The summed E-state index contributed by atoms with van der Waals surface area (Å²) in [5.74, 6) is -0.397. The molecule has 2 rings (SSSR count). The van der Waals surface area contributed by atoms with Gasteiger partial charge in [0, 0.05) is 24.4 Å². The molecule has 0 bridgehead atoms. The average molecular weight is 309 g/mol. The average Bonchev–Trinajstić information content (AvgIpc) is 2.75. The Hall–Kier alpha value is -1.19. The lowest BCUT2D eigenvalue weighted by atomic mass is 10.2. The lowest BCUT2D eigenvalue weighted by Crippen LogP contribution is -2.22. The second kappa shape index (κ2) is 6.51. The van der Waals surface area contributed by atoms with Gasteiger partial charge >= 0.3 is 6.18 Å². The number of ether oxygens (including phenoxy) is 1. The third-order valence-corrected chi connectivity index (χ3v) is 3.60. The normalized spacial score (nSPS) is 14.9. The Kier molecular flexibility index (Phi) is 4.95. The zero-order valence-electron chi connectivity index (χ0n) is 10.5. The maximum atomic E-state index is 11.8. The fourth-order valence-electron chi connectivity index (χ4n) is 1.71. The molecule has 1 aromatic heterocycles. The number of rotatable bonds is 5. The van der Waals surface area contributed by atoms with E-state index < -0.39 is 18.7 Å². The lowest BCUT2D eigenvalue weighted by Gasteiger charge is -2.09. The van der Waals surface area contributed by atoms with Gasteiger partial charge < -0.3 is 15.4 Å². The zero-order valence-corrected chi connectivity index (χ0v) is 11.4. The van der Waals surface area contributed by atoms with Crippen LogP contribution < -0.4 is 10.6 Å². The van der Waals surface area contributed by atoms with Gasteiger partial charge in [-0.2, -0.15) is 13.2 Å². The van der Waals surface area contributed by atoms with Gasteiger partial charge in [0.25, 0.3) is 0 Å². The minimum Gasteiger partial charge on any atom is -0.372 e. The predicted molar refractivity (Wildman–Crippen MR) is 67.6 cm³/mol. The highest BCUT2D eigenvalue weighted by Crippen LogP contribution is 2.25. The van der Waals surface area contributed by atoms with Crippen LogP contribution in [0.4, 0.5) is 18.3 Å². The van der Waals surface area contributed by atoms with Crippen molar-refractivity contribution in [3.8, 4) is 0 Å². The van der Waals surface area contributed by atoms with Gasteiger partial charge in [0.2, 0.25) is 5.91 Å². The van der Waals surface area contributed by atoms with Gasteiger partial charge in [-0.1, -0.05) is 0 Å². The molecule has 0 aliphatic carbocycles. The summed E-state index contributed by atoms with van der Waals surface area (Å²) in [5, 5.41) is 6.26. The van der Waals surface area contributed by atoms with Crippen LogP contribution in [0.5, 0.6) is 0 Å². The summed E-state index contributed by atoms with van der Waals surface area (Å²) in [6.07, 6.45) is -3.67. The van der Waals surface area contributed by atoms with Crippen LogP contribution in [0.15, 0.2) is 0 Å².